The van der Waals surface area contributed by atoms with E-state index in [1.54, 1.807) is 18.2 Å². The smallest absolute Gasteiger partial charge is 0.223 e. The lowest BCUT2D eigenvalue weighted by Crippen LogP contribution is -2.31. The monoisotopic (exact) mass is 233 g/mol. The Morgan fingerprint density at radius 2 is 2.18 bits per heavy atom. The molecule has 1 aliphatic rings. The van der Waals surface area contributed by atoms with Crippen LogP contribution in [0.2, 0.25) is 0 Å². The fourth-order valence-corrected chi connectivity index (χ4v) is 2.00. The van der Waals surface area contributed by atoms with Gasteiger partial charge < -0.3 is 5.32 Å². The normalized spacial score (nSPS) is 19.0. The molecule has 0 fully saturated rings. The molecule has 0 radical (unpaired) electrons. The van der Waals surface area contributed by atoms with E-state index < -0.39 is 0 Å². The van der Waals surface area contributed by atoms with Crippen LogP contribution in [0.15, 0.2) is 36.4 Å². The number of amides is 1. The molecule has 0 spiro atoms. The number of hydrogen-bond donors (Lipinski definition) is 1. The second kappa shape index (κ2) is 5.62. The molecule has 0 bridgehead atoms. The first-order valence-electron chi connectivity index (χ1n) is 5.93. The Labute approximate surface area is 101 Å². The van der Waals surface area contributed by atoms with Crippen LogP contribution in [-0.2, 0) is 11.3 Å². The number of carbonyl (C=O) groups is 1. The summed E-state index contributed by atoms with van der Waals surface area (Å²) in [4.78, 5) is 11.8. The summed E-state index contributed by atoms with van der Waals surface area (Å²) in [6.45, 7) is 0.270. The van der Waals surface area contributed by atoms with Crippen LogP contribution in [0.4, 0.5) is 4.39 Å². The van der Waals surface area contributed by atoms with Gasteiger partial charge in [-0.25, -0.2) is 4.39 Å². The molecule has 0 aliphatic heterocycles. The molecule has 1 atom stereocenters. The number of rotatable bonds is 3. The van der Waals surface area contributed by atoms with Crippen LogP contribution < -0.4 is 5.32 Å². The fraction of sp³-hybridized carbons (Fsp3) is 0.357. The lowest BCUT2D eigenvalue weighted by Gasteiger charge is -2.17. The van der Waals surface area contributed by atoms with Gasteiger partial charge in [0, 0.05) is 18.0 Å². The van der Waals surface area contributed by atoms with Crippen LogP contribution in [0.25, 0.3) is 0 Å². The van der Waals surface area contributed by atoms with Crippen LogP contribution in [0.5, 0.6) is 0 Å². The van der Waals surface area contributed by atoms with Crippen LogP contribution >= 0.6 is 0 Å². The van der Waals surface area contributed by atoms with Crippen molar-refractivity contribution in [2.45, 2.75) is 25.8 Å². The zero-order chi connectivity index (χ0) is 12.1. The molecule has 1 aliphatic carbocycles. The topological polar surface area (TPSA) is 29.1 Å². The predicted molar refractivity (Wildman–Crippen MR) is 64.7 cm³/mol. The van der Waals surface area contributed by atoms with Gasteiger partial charge in [0.2, 0.25) is 5.91 Å². The van der Waals surface area contributed by atoms with Crippen molar-refractivity contribution >= 4 is 5.91 Å². The van der Waals surface area contributed by atoms with E-state index in [1.165, 1.54) is 6.07 Å². The SMILES string of the molecule is O=C(NCc1ccccc1F)C1CC=CCC1. The molecule has 17 heavy (non-hydrogen) atoms. The number of benzene rings is 1. The van der Waals surface area contributed by atoms with Crippen molar-refractivity contribution in [3.8, 4) is 0 Å². The van der Waals surface area contributed by atoms with Crippen molar-refractivity contribution in [2.24, 2.45) is 5.92 Å². The van der Waals surface area contributed by atoms with Crippen LogP contribution in [0.1, 0.15) is 24.8 Å². The Bertz CT molecular complexity index is 428. The molecular formula is C14H16FNO. The summed E-state index contributed by atoms with van der Waals surface area (Å²) < 4.78 is 13.3. The molecule has 1 amide bonds. The van der Waals surface area contributed by atoms with Crippen LogP contribution in [0.3, 0.4) is 0 Å². The van der Waals surface area contributed by atoms with E-state index in [4.69, 9.17) is 0 Å². The molecule has 0 saturated carbocycles. The van der Waals surface area contributed by atoms with Gasteiger partial charge in [0.1, 0.15) is 5.82 Å². The molecule has 0 aromatic heterocycles. The first kappa shape index (κ1) is 11.8. The van der Waals surface area contributed by atoms with Crippen LogP contribution in [-0.4, -0.2) is 5.91 Å². The molecule has 2 rings (SSSR count). The molecule has 1 aromatic rings. The van der Waals surface area contributed by atoms with E-state index in [0.717, 1.165) is 19.3 Å². The van der Waals surface area contributed by atoms with E-state index in [1.807, 2.05) is 6.08 Å². The number of hydrogen-bond acceptors (Lipinski definition) is 1. The first-order chi connectivity index (χ1) is 8.27. The maximum absolute atomic E-state index is 13.3. The first-order valence-corrected chi connectivity index (χ1v) is 5.93. The van der Waals surface area contributed by atoms with E-state index in [-0.39, 0.29) is 24.2 Å². The fourth-order valence-electron chi connectivity index (χ4n) is 2.00. The molecule has 0 saturated heterocycles. The Morgan fingerprint density at radius 3 is 2.88 bits per heavy atom. The van der Waals surface area contributed by atoms with Crippen molar-refractivity contribution in [3.05, 3.63) is 47.8 Å². The third kappa shape index (κ3) is 3.16. The summed E-state index contributed by atoms with van der Waals surface area (Å²) in [6, 6.07) is 6.52. The van der Waals surface area contributed by atoms with Gasteiger partial charge in [-0.15, -0.1) is 0 Å². The van der Waals surface area contributed by atoms with Gasteiger partial charge in [-0.05, 0) is 25.3 Å². The molecule has 1 aromatic carbocycles. The van der Waals surface area contributed by atoms with Gasteiger partial charge in [-0.2, -0.15) is 0 Å². The van der Waals surface area contributed by atoms with Crippen molar-refractivity contribution in [2.75, 3.05) is 0 Å². The quantitative estimate of drug-likeness (QED) is 0.799. The molecule has 2 nitrogen and oxygen atoms in total. The maximum atomic E-state index is 13.3. The largest absolute Gasteiger partial charge is 0.352 e. The Kier molecular flexibility index (Phi) is 3.91. The highest BCUT2D eigenvalue weighted by Crippen LogP contribution is 2.18. The summed E-state index contributed by atoms with van der Waals surface area (Å²) >= 11 is 0. The summed E-state index contributed by atoms with van der Waals surface area (Å²) in [5.41, 5.74) is 0.534. The van der Waals surface area contributed by atoms with E-state index in [9.17, 15) is 9.18 Å². The molecule has 90 valence electrons. The van der Waals surface area contributed by atoms with Crippen molar-refractivity contribution in [1.82, 2.24) is 5.32 Å². The molecule has 1 unspecified atom stereocenters. The summed E-state index contributed by atoms with van der Waals surface area (Å²) in [5.74, 6) is -0.194. The minimum absolute atomic E-state index is 0.0256. The van der Waals surface area contributed by atoms with Gasteiger partial charge >= 0.3 is 0 Å². The Balaban J connectivity index is 1.88. The van der Waals surface area contributed by atoms with E-state index in [2.05, 4.69) is 11.4 Å². The third-order valence-electron chi connectivity index (χ3n) is 3.05. The standard InChI is InChI=1S/C14H16FNO/c15-13-9-5-4-8-12(13)10-16-14(17)11-6-2-1-3-7-11/h1-2,4-5,8-9,11H,3,6-7,10H2,(H,16,17). The second-order valence-corrected chi connectivity index (χ2v) is 4.29. The van der Waals surface area contributed by atoms with Gasteiger partial charge in [0.05, 0.1) is 0 Å². The third-order valence-corrected chi connectivity index (χ3v) is 3.05. The van der Waals surface area contributed by atoms with Crippen molar-refractivity contribution < 1.29 is 9.18 Å². The van der Waals surface area contributed by atoms with Gasteiger partial charge in [-0.3, -0.25) is 4.79 Å². The highest BCUT2D eigenvalue weighted by Gasteiger charge is 2.18. The number of carbonyl (C=O) groups excluding carboxylic acids is 1. The summed E-state index contributed by atoms with van der Waals surface area (Å²) in [6.07, 6.45) is 6.78. The zero-order valence-corrected chi connectivity index (χ0v) is 9.66. The lowest BCUT2D eigenvalue weighted by molar-refractivity contribution is -0.125. The van der Waals surface area contributed by atoms with Gasteiger partial charge in [0.25, 0.3) is 0 Å². The Morgan fingerprint density at radius 1 is 1.35 bits per heavy atom. The van der Waals surface area contributed by atoms with Crippen molar-refractivity contribution in [3.63, 3.8) is 0 Å². The van der Waals surface area contributed by atoms with Gasteiger partial charge in [0.15, 0.2) is 0 Å². The summed E-state index contributed by atoms with van der Waals surface area (Å²) in [7, 11) is 0. The zero-order valence-electron chi connectivity index (χ0n) is 9.66. The highest BCUT2D eigenvalue weighted by atomic mass is 19.1. The minimum atomic E-state index is -0.267. The Hall–Kier alpha value is -1.64. The molecule has 3 heteroatoms. The lowest BCUT2D eigenvalue weighted by atomic mass is 9.93. The van der Waals surface area contributed by atoms with E-state index in [0.29, 0.717) is 5.56 Å². The number of nitrogens with one attached hydrogen (secondary N) is 1. The molecular weight excluding hydrogens is 217 g/mol. The predicted octanol–water partition coefficient (Wildman–Crippen LogP) is 2.80. The number of allylic oxidation sites excluding steroid dienone is 2. The average molecular weight is 233 g/mol. The minimum Gasteiger partial charge on any atom is -0.352 e. The maximum Gasteiger partial charge on any atom is 0.223 e. The summed E-state index contributed by atoms with van der Waals surface area (Å²) in [5, 5.41) is 2.80. The van der Waals surface area contributed by atoms with Gasteiger partial charge in [-0.1, -0.05) is 30.4 Å². The highest BCUT2D eigenvalue weighted by molar-refractivity contribution is 5.78. The number of halogens is 1. The van der Waals surface area contributed by atoms with Crippen molar-refractivity contribution in [1.29, 1.82) is 0 Å². The van der Waals surface area contributed by atoms with Crippen LogP contribution in [0, 0.1) is 11.7 Å². The molecule has 1 N–H and O–H groups in total. The molecule has 0 heterocycles. The average Bonchev–Trinajstić information content (AvgIpc) is 2.38. The second-order valence-electron chi connectivity index (χ2n) is 4.29. The van der Waals surface area contributed by atoms with E-state index >= 15 is 0 Å².